The molecule has 0 aliphatic heterocycles. The van der Waals surface area contributed by atoms with Gasteiger partial charge >= 0.3 is 0 Å². The summed E-state index contributed by atoms with van der Waals surface area (Å²) in [6.45, 7) is 1.38. The zero-order valence-corrected chi connectivity index (χ0v) is 12.2. The van der Waals surface area contributed by atoms with Crippen LogP contribution in [-0.4, -0.2) is 40.1 Å². The lowest BCUT2D eigenvalue weighted by Gasteiger charge is -2.20. The molecule has 7 nitrogen and oxygen atoms in total. The fourth-order valence-electron chi connectivity index (χ4n) is 2.32. The van der Waals surface area contributed by atoms with Crippen LogP contribution in [0.1, 0.15) is 12.5 Å². The fourth-order valence-corrected chi connectivity index (χ4v) is 2.32. The molecule has 1 heterocycles. The average molecular weight is 304 g/mol. The van der Waals surface area contributed by atoms with Crippen molar-refractivity contribution in [3.63, 3.8) is 0 Å². The van der Waals surface area contributed by atoms with E-state index < -0.39 is 30.0 Å². The summed E-state index contributed by atoms with van der Waals surface area (Å²) in [5, 5.41) is 12.8. The van der Waals surface area contributed by atoms with Crippen molar-refractivity contribution in [2.45, 2.75) is 31.5 Å². The first kappa shape index (κ1) is 16.0. The summed E-state index contributed by atoms with van der Waals surface area (Å²) < 4.78 is 0. The van der Waals surface area contributed by atoms with Crippen molar-refractivity contribution in [3.8, 4) is 0 Å². The summed E-state index contributed by atoms with van der Waals surface area (Å²) in [5.41, 5.74) is 12.9. The van der Waals surface area contributed by atoms with Gasteiger partial charge in [0.1, 0.15) is 6.04 Å². The van der Waals surface area contributed by atoms with E-state index in [-0.39, 0.29) is 0 Å². The minimum absolute atomic E-state index is 0.307. The van der Waals surface area contributed by atoms with Gasteiger partial charge in [0.25, 0.3) is 0 Å². The maximum atomic E-state index is 12.1. The SMILES string of the molecule is C[C@@H](O)[C@H](NC(=O)C(N)Cc1c[nH]c2ccccc12)C(N)=O. The maximum absolute atomic E-state index is 12.1. The van der Waals surface area contributed by atoms with Crippen molar-refractivity contribution in [1.82, 2.24) is 10.3 Å². The zero-order valence-electron chi connectivity index (χ0n) is 12.2. The second kappa shape index (κ2) is 6.59. The molecule has 22 heavy (non-hydrogen) atoms. The molecule has 2 aromatic rings. The Hall–Kier alpha value is -2.38. The number of aromatic nitrogens is 1. The number of carbonyl (C=O) groups is 2. The molecule has 1 unspecified atom stereocenters. The molecule has 0 aliphatic rings. The Balaban J connectivity index is 2.06. The number of benzene rings is 1. The predicted molar refractivity (Wildman–Crippen MR) is 82.8 cm³/mol. The summed E-state index contributed by atoms with van der Waals surface area (Å²) in [6.07, 6.45) is 1.03. The van der Waals surface area contributed by atoms with E-state index in [0.29, 0.717) is 6.42 Å². The molecule has 1 aromatic carbocycles. The Morgan fingerprint density at radius 3 is 2.68 bits per heavy atom. The van der Waals surface area contributed by atoms with E-state index in [9.17, 15) is 14.7 Å². The second-order valence-electron chi connectivity index (χ2n) is 5.30. The first-order valence-corrected chi connectivity index (χ1v) is 6.98. The Morgan fingerprint density at radius 2 is 2.05 bits per heavy atom. The minimum Gasteiger partial charge on any atom is -0.391 e. The molecular weight excluding hydrogens is 284 g/mol. The third kappa shape index (κ3) is 3.44. The summed E-state index contributed by atoms with van der Waals surface area (Å²) in [4.78, 5) is 26.4. The van der Waals surface area contributed by atoms with Crippen LogP contribution in [0.5, 0.6) is 0 Å². The highest BCUT2D eigenvalue weighted by Gasteiger charge is 2.26. The van der Waals surface area contributed by atoms with E-state index in [1.54, 1.807) is 6.20 Å². The number of aromatic amines is 1. The van der Waals surface area contributed by atoms with E-state index in [2.05, 4.69) is 10.3 Å². The normalized spacial score (nSPS) is 15.2. The molecule has 0 radical (unpaired) electrons. The van der Waals surface area contributed by atoms with Gasteiger partial charge in [-0.15, -0.1) is 0 Å². The van der Waals surface area contributed by atoms with Gasteiger partial charge in [-0.2, -0.15) is 0 Å². The molecule has 0 saturated heterocycles. The van der Waals surface area contributed by atoms with E-state index in [0.717, 1.165) is 16.5 Å². The lowest BCUT2D eigenvalue weighted by molar-refractivity contribution is -0.130. The maximum Gasteiger partial charge on any atom is 0.242 e. The van der Waals surface area contributed by atoms with Gasteiger partial charge in [-0.25, -0.2) is 0 Å². The van der Waals surface area contributed by atoms with Gasteiger partial charge in [-0.1, -0.05) is 18.2 Å². The highest BCUT2D eigenvalue weighted by molar-refractivity contribution is 5.90. The molecule has 0 bridgehead atoms. The Bertz CT molecular complexity index is 680. The monoisotopic (exact) mass is 304 g/mol. The van der Waals surface area contributed by atoms with Crippen molar-refractivity contribution in [2.75, 3.05) is 0 Å². The van der Waals surface area contributed by atoms with E-state index in [1.807, 2.05) is 24.3 Å². The quantitative estimate of drug-likeness (QED) is 0.486. The Morgan fingerprint density at radius 1 is 1.36 bits per heavy atom. The third-order valence-corrected chi connectivity index (χ3v) is 3.54. The number of para-hydroxylation sites is 1. The topological polar surface area (TPSA) is 134 Å². The minimum atomic E-state index is -1.15. The lowest BCUT2D eigenvalue weighted by atomic mass is 10.0. The van der Waals surface area contributed by atoms with Crippen molar-refractivity contribution in [1.29, 1.82) is 0 Å². The van der Waals surface area contributed by atoms with Crippen LogP contribution in [0, 0.1) is 0 Å². The highest BCUT2D eigenvalue weighted by atomic mass is 16.3. The van der Waals surface area contributed by atoms with Gasteiger partial charge in [0.2, 0.25) is 11.8 Å². The molecule has 0 aliphatic carbocycles. The van der Waals surface area contributed by atoms with Gasteiger partial charge < -0.3 is 26.9 Å². The molecule has 118 valence electrons. The molecule has 0 saturated carbocycles. The smallest absolute Gasteiger partial charge is 0.242 e. The van der Waals surface area contributed by atoms with Crippen LogP contribution < -0.4 is 16.8 Å². The first-order chi connectivity index (χ1) is 10.4. The van der Waals surface area contributed by atoms with Crippen LogP contribution in [0.3, 0.4) is 0 Å². The first-order valence-electron chi connectivity index (χ1n) is 6.98. The van der Waals surface area contributed by atoms with Crippen molar-refractivity contribution >= 4 is 22.7 Å². The lowest BCUT2D eigenvalue weighted by Crippen LogP contribution is -2.55. The van der Waals surface area contributed by atoms with Crippen molar-refractivity contribution in [3.05, 3.63) is 36.0 Å². The second-order valence-corrected chi connectivity index (χ2v) is 5.30. The molecule has 1 aromatic heterocycles. The largest absolute Gasteiger partial charge is 0.391 e. The number of hydrogen-bond donors (Lipinski definition) is 5. The van der Waals surface area contributed by atoms with Crippen LogP contribution in [0.25, 0.3) is 10.9 Å². The fraction of sp³-hybridized carbons (Fsp3) is 0.333. The number of carbonyl (C=O) groups excluding carboxylic acids is 2. The van der Waals surface area contributed by atoms with Crippen LogP contribution in [0.4, 0.5) is 0 Å². The van der Waals surface area contributed by atoms with Crippen LogP contribution in [-0.2, 0) is 16.0 Å². The van der Waals surface area contributed by atoms with Gasteiger partial charge in [0.05, 0.1) is 12.1 Å². The molecule has 7 N–H and O–H groups in total. The van der Waals surface area contributed by atoms with Crippen LogP contribution in [0.2, 0.25) is 0 Å². The number of amides is 2. The molecule has 3 atom stereocenters. The van der Waals surface area contributed by atoms with E-state index >= 15 is 0 Å². The summed E-state index contributed by atoms with van der Waals surface area (Å²) in [7, 11) is 0. The van der Waals surface area contributed by atoms with E-state index in [4.69, 9.17) is 11.5 Å². The number of hydrogen-bond acceptors (Lipinski definition) is 4. The van der Waals surface area contributed by atoms with Crippen molar-refractivity contribution in [2.24, 2.45) is 11.5 Å². The number of nitrogens with two attached hydrogens (primary N) is 2. The number of aliphatic hydroxyl groups is 1. The van der Waals surface area contributed by atoms with Gasteiger partial charge in [0.15, 0.2) is 0 Å². The summed E-state index contributed by atoms with van der Waals surface area (Å²) in [6, 6.07) is 5.69. The number of fused-ring (bicyclic) bond motifs is 1. The zero-order chi connectivity index (χ0) is 16.3. The Kier molecular flexibility index (Phi) is 4.79. The average Bonchev–Trinajstić information content (AvgIpc) is 2.87. The summed E-state index contributed by atoms with van der Waals surface area (Å²) in [5.74, 6) is -1.34. The van der Waals surface area contributed by atoms with Crippen molar-refractivity contribution < 1.29 is 14.7 Å². The molecule has 2 rings (SSSR count). The number of aliphatic hydroxyl groups excluding tert-OH is 1. The van der Waals surface area contributed by atoms with Gasteiger partial charge in [-0.3, -0.25) is 9.59 Å². The molecule has 2 amide bonds. The predicted octanol–water partition coefficient (Wildman–Crippen LogP) is -0.611. The number of rotatable bonds is 6. The molecule has 0 spiro atoms. The Labute approximate surface area is 127 Å². The summed E-state index contributed by atoms with van der Waals surface area (Å²) >= 11 is 0. The number of H-pyrrole nitrogens is 1. The highest BCUT2D eigenvalue weighted by Crippen LogP contribution is 2.18. The standard InChI is InChI=1S/C15H20N4O3/c1-8(20)13(14(17)21)19-15(22)11(16)6-9-7-18-12-5-3-2-4-10(9)12/h2-5,7-8,11,13,18,20H,6,16H2,1H3,(H2,17,21)(H,19,22)/t8-,11?,13+/m1/s1. The van der Waals surface area contributed by atoms with Crippen LogP contribution in [0.15, 0.2) is 30.5 Å². The van der Waals surface area contributed by atoms with Gasteiger partial charge in [-0.05, 0) is 25.0 Å². The van der Waals surface area contributed by atoms with Crippen LogP contribution >= 0.6 is 0 Å². The van der Waals surface area contributed by atoms with Gasteiger partial charge in [0, 0.05) is 17.1 Å². The molecule has 7 heteroatoms. The number of nitrogens with one attached hydrogen (secondary N) is 2. The number of primary amides is 1. The molecule has 0 fully saturated rings. The molecular formula is C15H20N4O3. The van der Waals surface area contributed by atoms with E-state index in [1.165, 1.54) is 6.92 Å². The third-order valence-electron chi connectivity index (χ3n) is 3.54.